The average molecular weight is 623 g/mol. The molecule has 1 aromatic carbocycles. The number of nitrogen functional groups attached to an aromatic ring is 1. The Morgan fingerprint density at radius 1 is 1.17 bits per heavy atom. The van der Waals surface area contributed by atoms with Gasteiger partial charge in [-0.15, -0.1) is 0 Å². The molecule has 0 saturated carbocycles. The van der Waals surface area contributed by atoms with Gasteiger partial charge >= 0.3 is 0 Å². The summed E-state index contributed by atoms with van der Waals surface area (Å²) in [5.74, 6) is 2.16. The summed E-state index contributed by atoms with van der Waals surface area (Å²) in [5, 5.41) is 24.3. The molecule has 8 rings (SSSR count). The van der Waals surface area contributed by atoms with Crippen LogP contribution >= 0.6 is 0 Å². The molecule has 3 aliphatic heterocycles. The Morgan fingerprint density at radius 3 is 2.83 bits per heavy atom. The molecule has 4 aliphatic rings. The highest BCUT2D eigenvalue weighted by atomic mass is 16.5. The second kappa shape index (κ2) is 11.6. The molecule has 2 unspecified atom stereocenters. The lowest BCUT2D eigenvalue weighted by molar-refractivity contribution is -0.0743. The number of benzene rings is 1. The van der Waals surface area contributed by atoms with Gasteiger partial charge in [-0.3, -0.25) is 0 Å². The zero-order valence-corrected chi connectivity index (χ0v) is 26.8. The van der Waals surface area contributed by atoms with Crippen molar-refractivity contribution in [2.24, 2.45) is 0 Å². The molecule has 3 aromatic heterocycles. The van der Waals surface area contributed by atoms with Crippen LogP contribution in [0, 0.1) is 11.3 Å². The van der Waals surface area contributed by atoms with E-state index >= 15 is 0 Å². The number of hydrogen-bond acceptors (Lipinski definition) is 11. The van der Waals surface area contributed by atoms with Crippen LogP contribution in [0.4, 0.5) is 11.5 Å². The Kier molecular flexibility index (Phi) is 7.43. The van der Waals surface area contributed by atoms with E-state index in [-0.39, 0.29) is 11.5 Å². The lowest BCUT2D eigenvalue weighted by atomic mass is 9.78. The van der Waals surface area contributed by atoms with Crippen molar-refractivity contribution in [3.63, 3.8) is 0 Å². The minimum absolute atomic E-state index is 0.0509. The Hall–Kier alpha value is -4.05. The number of piperazine rings is 1. The lowest BCUT2D eigenvalue weighted by Crippen LogP contribution is -2.70. The van der Waals surface area contributed by atoms with Gasteiger partial charge in [0.2, 0.25) is 0 Å². The molecule has 0 bridgehead atoms. The van der Waals surface area contributed by atoms with Crippen LogP contribution in [-0.2, 0) is 24.1 Å². The number of rotatable bonds is 7. The number of aryl methyl sites for hydroxylation is 1. The minimum Gasteiger partial charge on any atom is -0.398 e. The molecular weight excluding hydrogens is 580 g/mol. The fraction of sp³-hybridized carbons (Fsp3) is 0.559. The molecule has 2 atom stereocenters. The number of likely N-dealkylation sites (N-methyl/N-ethyl adjacent to an activating group) is 1. The van der Waals surface area contributed by atoms with Gasteiger partial charge in [-0.25, -0.2) is 14.6 Å². The van der Waals surface area contributed by atoms with E-state index in [2.05, 4.69) is 51.1 Å². The fourth-order valence-corrected chi connectivity index (χ4v) is 8.10. The number of fused-ring (bicyclic) bond motifs is 2. The molecule has 1 spiro atoms. The average Bonchev–Trinajstić information content (AvgIpc) is 3.79. The predicted molar refractivity (Wildman–Crippen MR) is 175 cm³/mol. The van der Waals surface area contributed by atoms with Crippen LogP contribution in [0.1, 0.15) is 73.0 Å². The summed E-state index contributed by atoms with van der Waals surface area (Å²) < 4.78 is 13.9. The van der Waals surface area contributed by atoms with Gasteiger partial charge < -0.3 is 30.1 Å². The van der Waals surface area contributed by atoms with Crippen LogP contribution in [-0.4, -0.2) is 87.8 Å². The van der Waals surface area contributed by atoms with Crippen LogP contribution < -0.4 is 16.0 Å². The highest BCUT2D eigenvalue weighted by Crippen LogP contribution is 2.44. The van der Waals surface area contributed by atoms with Gasteiger partial charge in [0, 0.05) is 42.8 Å². The summed E-state index contributed by atoms with van der Waals surface area (Å²) in [7, 11) is 2.19. The molecule has 46 heavy (non-hydrogen) atoms. The topological polar surface area (TPSA) is 147 Å². The number of nitrogens with one attached hydrogen (secondary N) is 1. The van der Waals surface area contributed by atoms with Crippen molar-refractivity contribution < 1.29 is 9.26 Å². The summed E-state index contributed by atoms with van der Waals surface area (Å²) in [5.41, 5.74) is 12.0. The third kappa shape index (κ3) is 4.84. The van der Waals surface area contributed by atoms with E-state index in [1.807, 2.05) is 12.3 Å². The Balaban J connectivity index is 1.24. The third-order valence-corrected chi connectivity index (χ3v) is 10.6. The van der Waals surface area contributed by atoms with E-state index in [9.17, 15) is 5.26 Å². The van der Waals surface area contributed by atoms with Crippen LogP contribution in [0.2, 0.25) is 0 Å². The van der Waals surface area contributed by atoms with E-state index in [1.165, 1.54) is 6.42 Å². The SMILES string of the molecule is CCCc1ccc(N)c(C#N)c1C1CCCc2c(-c3nc(N4CCNC5(COC5)C4)c4cnn(CC5CCCN5C)c4n3)noc21. The lowest BCUT2D eigenvalue weighted by Gasteiger charge is -2.49. The predicted octanol–water partition coefficient (Wildman–Crippen LogP) is 3.63. The molecule has 12 heteroatoms. The first-order valence-corrected chi connectivity index (χ1v) is 16.8. The molecule has 3 N–H and O–H groups in total. The van der Waals surface area contributed by atoms with Crippen molar-refractivity contribution in [1.82, 2.24) is 35.1 Å². The molecule has 0 radical (unpaired) electrons. The highest BCUT2D eigenvalue weighted by molar-refractivity contribution is 5.89. The fourth-order valence-electron chi connectivity index (χ4n) is 8.10. The summed E-state index contributed by atoms with van der Waals surface area (Å²) in [6, 6.07) is 6.75. The first-order valence-electron chi connectivity index (χ1n) is 16.8. The van der Waals surface area contributed by atoms with Gasteiger partial charge in [-0.05, 0) is 69.3 Å². The van der Waals surface area contributed by atoms with Crippen molar-refractivity contribution in [1.29, 1.82) is 5.26 Å². The number of nitrogens with zero attached hydrogens (tertiary/aromatic N) is 8. The van der Waals surface area contributed by atoms with E-state index in [4.69, 9.17) is 30.1 Å². The molecule has 1 aliphatic carbocycles. The number of hydrogen-bond donors (Lipinski definition) is 2. The normalized spacial score (nSPS) is 22.7. The van der Waals surface area contributed by atoms with Crippen molar-refractivity contribution in [2.75, 3.05) is 57.1 Å². The van der Waals surface area contributed by atoms with Crippen molar-refractivity contribution in [3.05, 3.63) is 46.3 Å². The minimum atomic E-state index is -0.0945. The number of likely N-dealkylation sites (tertiary alicyclic amines) is 1. The van der Waals surface area contributed by atoms with Gasteiger partial charge in [0.25, 0.3) is 0 Å². The largest absolute Gasteiger partial charge is 0.398 e. The molecule has 0 amide bonds. The highest BCUT2D eigenvalue weighted by Gasteiger charge is 2.43. The maximum atomic E-state index is 10.2. The first-order chi connectivity index (χ1) is 22.5. The maximum Gasteiger partial charge on any atom is 0.186 e. The Bertz CT molecular complexity index is 1820. The standard InChI is InChI=1S/C34H42N10O2/c1-3-6-21-10-11-27(36)25(15-35)28(21)23-8-4-9-24-29(41-46-30(23)24)31-39-32(43-14-12-37-34(18-43)19-45-20-34)26-16-38-44(33(26)40-31)17-22-7-5-13-42(22)2/h10-11,16,22-23,37H,3-9,12-14,17-20,36H2,1-2H3. The van der Waals surface area contributed by atoms with Crippen molar-refractivity contribution in [3.8, 4) is 17.6 Å². The monoisotopic (exact) mass is 622 g/mol. The molecule has 6 heterocycles. The number of nitriles is 1. The number of nitrogens with two attached hydrogens (primary N) is 1. The molecule has 4 aromatic rings. The summed E-state index contributed by atoms with van der Waals surface area (Å²) in [6.45, 7) is 7.93. The Labute approximate surface area is 268 Å². The van der Waals surface area contributed by atoms with Crippen LogP contribution in [0.3, 0.4) is 0 Å². The van der Waals surface area contributed by atoms with Crippen molar-refractivity contribution >= 4 is 22.5 Å². The van der Waals surface area contributed by atoms with Crippen LogP contribution in [0.15, 0.2) is 22.9 Å². The second-order valence-electron chi connectivity index (χ2n) is 13.6. The van der Waals surface area contributed by atoms with Crippen LogP contribution in [0.25, 0.3) is 22.6 Å². The molecule has 3 fully saturated rings. The molecule has 12 nitrogen and oxygen atoms in total. The number of anilines is 2. The quantitative estimate of drug-likeness (QED) is 0.291. The third-order valence-electron chi connectivity index (χ3n) is 10.6. The van der Waals surface area contributed by atoms with Gasteiger partial charge in [-0.2, -0.15) is 10.4 Å². The molecule has 240 valence electrons. The van der Waals surface area contributed by atoms with E-state index in [1.54, 1.807) is 0 Å². The number of aromatic nitrogens is 5. The first kappa shape index (κ1) is 29.4. The van der Waals surface area contributed by atoms with Crippen LogP contribution in [0.5, 0.6) is 0 Å². The van der Waals surface area contributed by atoms with Gasteiger partial charge in [-0.1, -0.05) is 24.6 Å². The molecular formula is C34H42N10O2. The van der Waals surface area contributed by atoms with Crippen molar-refractivity contribution in [2.45, 2.75) is 75.9 Å². The van der Waals surface area contributed by atoms with Gasteiger partial charge in [0.05, 0.1) is 42.4 Å². The zero-order valence-electron chi connectivity index (χ0n) is 26.8. The van der Waals surface area contributed by atoms with E-state index in [0.717, 1.165) is 111 Å². The van der Waals surface area contributed by atoms with E-state index < -0.39 is 0 Å². The smallest absolute Gasteiger partial charge is 0.186 e. The summed E-state index contributed by atoms with van der Waals surface area (Å²) in [4.78, 5) is 15.2. The number of ether oxygens (including phenoxy) is 1. The van der Waals surface area contributed by atoms with Gasteiger partial charge in [0.1, 0.15) is 17.6 Å². The maximum absolute atomic E-state index is 10.2. The molecule has 3 saturated heterocycles. The zero-order chi connectivity index (χ0) is 31.4. The Morgan fingerprint density at radius 2 is 2.07 bits per heavy atom. The van der Waals surface area contributed by atoms with Gasteiger partial charge in [0.15, 0.2) is 17.2 Å². The van der Waals surface area contributed by atoms with E-state index in [0.29, 0.717) is 42.0 Å². The second-order valence-corrected chi connectivity index (χ2v) is 13.6. The summed E-state index contributed by atoms with van der Waals surface area (Å²) >= 11 is 0. The summed E-state index contributed by atoms with van der Waals surface area (Å²) in [6.07, 6.45) is 8.75.